The van der Waals surface area contributed by atoms with Crippen molar-refractivity contribution in [2.45, 2.75) is 65.7 Å². The van der Waals surface area contributed by atoms with E-state index in [1.54, 1.807) is 0 Å². The maximum absolute atomic E-state index is 12.5. The number of halogens is 2. The van der Waals surface area contributed by atoms with E-state index in [1.807, 2.05) is 0 Å². The molecule has 0 atom stereocenters. The Hall–Kier alpha value is -1.59. The number of aldehydes is 1. The van der Waals surface area contributed by atoms with Gasteiger partial charge in [0.2, 0.25) is 0 Å². The lowest BCUT2D eigenvalue weighted by Crippen LogP contribution is -2.38. The lowest BCUT2D eigenvalue weighted by Gasteiger charge is -2.21. The lowest BCUT2D eigenvalue weighted by molar-refractivity contribution is -0.164. The molecule has 0 radical (unpaired) electrons. The average molecular weight is 431 g/mol. The number of carbonyl (C=O) groups excluding carboxylic acids is 3. The Morgan fingerprint density at radius 1 is 1.00 bits per heavy atom. The van der Waals surface area contributed by atoms with Crippen LogP contribution in [-0.4, -0.2) is 24.8 Å². The first-order chi connectivity index (χ1) is 13.2. The van der Waals surface area contributed by atoms with Crippen molar-refractivity contribution >= 4 is 41.4 Å². The third kappa shape index (κ3) is 7.44. The molecule has 0 amide bonds. The van der Waals surface area contributed by atoms with E-state index in [1.165, 1.54) is 51.7 Å². The fourth-order valence-electron chi connectivity index (χ4n) is 2.48. The number of ether oxygens (including phenoxy) is 2. The molecule has 0 saturated heterocycles. The van der Waals surface area contributed by atoms with E-state index >= 15 is 0 Å². The lowest BCUT2D eigenvalue weighted by atomic mass is 9.94. The van der Waals surface area contributed by atoms with Gasteiger partial charge in [-0.1, -0.05) is 68.7 Å². The summed E-state index contributed by atoms with van der Waals surface area (Å²) in [6, 6.07) is 2.68. The number of hydrogen-bond donors (Lipinski definition) is 0. The number of hydrogen-bond acceptors (Lipinski definition) is 5. The van der Waals surface area contributed by atoms with Gasteiger partial charge in [0.1, 0.15) is 0 Å². The van der Waals surface area contributed by atoms with Crippen LogP contribution in [0, 0.1) is 5.41 Å². The van der Waals surface area contributed by atoms with Crippen molar-refractivity contribution in [2.75, 3.05) is 6.61 Å². The molecule has 0 saturated carbocycles. The van der Waals surface area contributed by atoms with E-state index in [2.05, 4.69) is 6.92 Å². The van der Waals surface area contributed by atoms with Crippen LogP contribution in [0.3, 0.4) is 0 Å². The molecule has 28 heavy (non-hydrogen) atoms. The van der Waals surface area contributed by atoms with Crippen molar-refractivity contribution in [2.24, 2.45) is 5.41 Å². The van der Waals surface area contributed by atoms with Crippen molar-refractivity contribution in [3.8, 4) is 5.75 Å². The third-order valence-corrected chi connectivity index (χ3v) is 4.86. The minimum absolute atomic E-state index is 0.00944. The molecule has 0 spiro atoms. The Bertz CT molecular complexity index is 686. The molecule has 156 valence electrons. The van der Waals surface area contributed by atoms with Crippen LogP contribution < -0.4 is 4.74 Å². The summed E-state index contributed by atoms with van der Waals surface area (Å²) in [7, 11) is 0. The molecular weight excluding hydrogens is 403 g/mol. The standard InChI is InChI=1S/C21H28Cl2O5/c1-4-5-6-7-8-9-10-11-27-19(25)21(2,3)20(26)28-18-15(14-24)12-16(22)13-17(18)23/h12-14H,4-11H2,1-3H3. The van der Waals surface area contributed by atoms with Gasteiger partial charge in [-0.3, -0.25) is 14.4 Å². The zero-order chi connectivity index (χ0) is 21.2. The van der Waals surface area contributed by atoms with Crippen LogP contribution in [-0.2, 0) is 14.3 Å². The highest BCUT2D eigenvalue weighted by Gasteiger charge is 2.40. The predicted molar refractivity (Wildman–Crippen MR) is 110 cm³/mol. The molecule has 7 heteroatoms. The molecule has 0 bridgehead atoms. The molecule has 1 aromatic carbocycles. The smallest absolute Gasteiger partial charge is 0.328 e. The highest BCUT2D eigenvalue weighted by Crippen LogP contribution is 2.33. The topological polar surface area (TPSA) is 69.7 Å². The van der Waals surface area contributed by atoms with E-state index < -0.39 is 17.4 Å². The Kier molecular flexibility index (Phi) is 10.5. The molecule has 0 fully saturated rings. The van der Waals surface area contributed by atoms with Crippen LogP contribution in [0.2, 0.25) is 10.0 Å². The van der Waals surface area contributed by atoms with Crippen LogP contribution in [0.15, 0.2) is 12.1 Å². The molecule has 0 aromatic heterocycles. The van der Waals surface area contributed by atoms with Gasteiger partial charge in [-0.2, -0.15) is 0 Å². The van der Waals surface area contributed by atoms with Gasteiger partial charge in [0, 0.05) is 5.02 Å². The summed E-state index contributed by atoms with van der Waals surface area (Å²) >= 11 is 11.9. The summed E-state index contributed by atoms with van der Waals surface area (Å²) in [5.74, 6) is -1.66. The summed E-state index contributed by atoms with van der Waals surface area (Å²) in [4.78, 5) is 36.0. The molecular formula is C21H28Cl2O5. The quantitative estimate of drug-likeness (QED) is 0.133. The number of rotatable bonds is 12. The minimum atomic E-state index is -1.54. The van der Waals surface area contributed by atoms with Crippen molar-refractivity contribution in [3.63, 3.8) is 0 Å². The number of esters is 2. The number of unbranched alkanes of at least 4 members (excludes halogenated alkanes) is 6. The zero-order valence-electron chi connectivity index (χ0n) is 16.7. The molecule has 5 nitrogen and oxygen atoms in total. The van der Waals surface area contributed by atoms with Gasteiger partial charge in [-0.15, -0.1) is 0 Å². The predicted octanol–water partition coefficient (Wildman–Crippen LogP) is 6.03. The van der Waals surface area contributed by atoms with E-state index in [9.17, 15) is 14.4 Å². The number of benzene rings is 1. The molecule has 0 heterocycles. The summed E-state index contributed by atoms with van der Waals surface area (Å²) in [6.07, 6.45) is 8.17. The second-order valence-electron chi connectivity index (χ2n) is 7.20. The number of carbonyl (C=O) groups is 3. The molecule has 0 unspecified atom stereocenters. The van der Waals surface area contributed by atoms with Crippen LogP contribution in [0.1, 0.15) is 76.1 Å². The van der Waals surface area contributed by atoms with Crippen LogP contribution in [0.5, 0.6) is 5.75 Å². The molecule has 1 aromatic rings. The molecule has 0 aliphatic heterocycles. The average Bonchev–Trinajstić information content (AvgIpc) is 2.65. The van der Waals surface area contributed by atoms with Gasteiger partial charge in [0.05, 0.1) is 17.2 Å². The first-order valence-corrected chi connectivity index (χ1v) is 10.3. The van der Waals surface area contributed by atoms with Crippen LogP contribution in [0.4, 0.5) is 0 Å². The highest BCUT2D eigenvalue weighted by atomic mass is 35.5. The van der Waals surface area contributed by atoms with E-state index in [-0.39, 0.29) is 28.0 Å². The zero-order valence-corrected chi connectivity index (χ0v) is 18.2. The maximum atomic E-state index is 12.5. The van der Waals surface area contributed by atoms with Gasteiger partial charge in [-0.25, -0.2) is 0 Å². The molecule has 0 aliphatic rings. The molecule has 1 rings (SSSR count). The van der Waals surface area contributed by atoms with Crippen LogP contribution in [0.25, 0.3) is 0 Å². The first-order valence-electron chi connectivity index (χ1n) is 9.57. The van der Waals surface area contributed by atoms with Gasteiger partial charge in [0.15, 0.2) is 17.5 Å². The second kappa shape index (κ2) is 12.1. The Morgan fingerprint density at radius 2 is 1.61 bits per heavy atom. The first kappa shape index (κ1) is 24.4. The van der Waals surface area contributed by atoms with Crippen molar-refractivity contribution < 1.29 is 23.9 Å². The van der Waals surface area contributed by atoms with Crippen molar-refractivity contribution in [1.29, 1.82) is 0 Å². The summed E-state index contributed by atoms with van der Waals surface area (Å²) in [6.45, 7) is 5.25. The highest BCUT2D eigenvalue weighted by molar-refractivity contribution is 6.36. The maximum Gasteiger partial charge on any atom is 0.328 e. The van der Waals surface area contributed by atoms with E-state index in [0.717, 1.165) is 19.3 Å². The minimum Gasteiger partial charge on any atom is -0.465 e. The second-order valence-corrected chi connectivity index (χ2v) is 8.04. The van der Waals surface area contributed by atoms with Gasteiger partial charge >= 0.3 is 11.9 Å². The summed E-state index contributed by atoms with van der Waals surface area (Å²) < 4.78 is 10.5. The fourth-order valence-corrected chi connectivity index (χ4v) is 3.03. The van der Waals surface area contributed by atoms with Gasteiger partial charge in [-0.05, 0) is 32.4 Å². The Morgan fingerprint density at radius 3 is 2.21 bits per heavy atom. The Balaban J connectivity index is 2.56. The van der Waals surface area contributed by atoms with E-state index in [0.29, 0.717) is 6.29 Å². The third-order valence-electron chi connectivity index (χ3n) is 4.36. The van der Waals surface area contributed by atoms with Crippen molar-refractivity contribution in [3.05, 3.63) is 27.7 Å². The van der Waals surface area contributed by atoms with Gasteiger partial charge < -0.3 is 9.47 Å². The SMILES string of the molecule is CCCCCCCCCOC(=O)C(C)(C)C(=O)Oc1c(Cl)cc(Cl)cc1C=O. The van der Waals surface area contributed by atoms with Crippen molar-refractivity contribution in [1.82, 2.24) is 0 Å². The van der Waals surface area contributed by atoms with Crippen LogP contribution >= 0.6 is 23.2 Å². The van der Waals surface area contributed by atoms with E-state index in [4.69, 9.17) is 32.7 Å². The summed E-state index contributed by atoms with van der Waals surface area (Å²) in [5.41, 5.74) is -1.51. The monoisotopic (exact) mass is 430 g/mol. The fraction of sp³-hybridized carbons (Fsp3) is 0.571. The molecule has 0 aliphatic carbocycles. The molecule has 0 N–H and O–H groups in total. The Labute approximate surface area is 176 Å². The van der Waals surface area contributed by atoms with Gasteiger partial charge in [0.25, 0.3) is 0 Å². The largest absolute Gasteiger partial charge is 0.465 e. The normalized spacial score (nSPS) is 11.2. The summed E-state index contributed by atoms with van der Waals surface area (Å²) in [5, 5.41) is 0.246.